The van der Waals surface area contributed by atoms with Crippen molar-refractivity contribution in [3.63, 3.8) is 0 Å². The summed E-state index contributed by atoms with van der Waals surface area (Å²) in [5.74, 6) is 0. The largest absolute Gasteiger partial charge is 0.330 e. The molecule has 0 amide bonds. The highest BCUT2D eigenvalue weighted by atomic mass is 15.3. The van der Waals surface area contributed by atoms with Crippen LogP contribution in [0.2, 0.25) is 0 Å². The van der Waals surface area contributed by atoms with Crippen LogP contribution in [0, 0.1) is 0 Å². The van der Waals surface area contributed by atoms with Gasteiger partial charge in [-0.05, 0) is 46.6 Å². The molecule has 0 spiro atoms. The molecular formula is C16H37N2+. The van der Waals surface area contributed by atoms with Gasteiger partial charge in [-0.2, -0.15) is 0 Å². The van der Waals surface area contributed by atoms with Gasteiger partial charge in [0.05, 0.1) is 26.2 Å². The van der Waals surface area contributed by atoms with E-state index in [2.05, 4.69) is 20.8 Å². The highest BCUT2D eigenvalue weighted by Gasteiger charge is 2.19. The van der Waals surface area contributed by atoms with E-state index in [9.17, 15) is 0 Å². The maximum atomic E-state index is 5.49. The van der Waals surface area contributed by atoms with Crippen LogP contribution in [-0.2, 0) is 0 Å². The minimum atomic E-state index is 0.866. The van der Waals surface area contributed by atoms with E-state index in [1.54, 1.807) is 0 Å². The summed E-state index contributed by atoms with van der Waals surface area (Å²) < 4.78 is 1.32. The Bertz CT molecular complexity index is 156. The minimum Gasteiger partial charge on any atom is -0.330 e. The summed E-state index contributed by atoms with van der Waals surface area (Å²) in [5.41, 5.74) is 5.49. The third-order valence-electron chi connectivity index (χ3n) is 4.60. The Kier molecular flexibility index (Phi) is 11.9. The first-order valence-corrected chi connectivity index (χ1v) is 8.29. The van der Waals surface area contributed by atoms with Crippen LogP contribution in [0.3, 0.4) is 0 Å². The zero-order chi connectivity index (χ0) is 13.7. The van der Waals surface area contributed by atoms with E-state index in [-0.39, 0.29) is 0 Å². The Hall–Kier alpha value is -0.0800. The second-order valence-electron chi connectivity index (χ2n) is 5.63. The molecule has 0 atom stereocenters. The van der Waals surface area contributed by atoms with Gasteiger partial charge in [-0.1, -0.05) is 32.1 Å². The van der Waals surface area contributed by atoms with Crippen molar-refractivity contribution in [1.29, 1.82) is 0 Å². The van der Waals surface area contributed by atoms with Gasteiger partial charge in [0.2, 0.25) is 0 Å². The lowest BCUT2D eigenvalue weighted by atomic mass is 10.1. The zero-order valence-corrected chi connectivity index (χ0v) is 13.2. The second-order valence-corrected chi connectivity index (χ2v) is 5.63. The minimum absolute atomic E-state index is 0.866. The summed E-state index contributed by atoms with van der Waals surface area (Å²) in [7, 11) is 0. The first kappa shape index (κ1) is 17.9. The molecular weight excluding hydrogens is 220 g/mol. The molecule has 2 heteroatoms. The number of hydrogen-bond acceptors (Lipinski definition) is 1. The van der Waals surface area contributed by atoms with Crippen molar-refractivity contribution in [2.24, 2.45) is 5.73 Å². The van der Waals surface area contributed by atoms with E-state index >= 15 is 0 Å². The molecule has 18 heavy (non-hydrogen) atoms. The molecule has 0 aliphatic carbocycles. The van der Waals surface area contributed by atoms with Crippen LogP contribution in [0.25, 0.3) is 0 Å². The Morgan fingerprint density at radius 2 is 1.00 bits per heavy atom. The fourth-order valence-corrected chi connectivity index (χ4v) is 2.80. The predicted octanol–water partition coefficient (Wildman–Crippen LogP) is 3.94. The highest BCUT2D eigenvalue weighted by Crippen LogP contribution is 2.12. The van der Waals surface area contributed by atoms with Crippen LogP contribution in [0.5, 0.6) is 0 Å². The molecule has 0 saturated carbocycles. The van der Waals surface area contributed by atoms with Gasteiger partial charge in [-0.15, -0.1) is 0 Å². The third-order valence-corrected chi connectivity index (χ3v) is 4.60. The third kappa shape index (κ3) is 8.10. The molecule has 2 N–H and O–H groups in total. The monoisotopic (exact) mass is 257 g/mol. The molecule has 0 rings (SSSR count). The fraction of sp³-hybridized carbons (Fsp3) is 1.00. The average Bonchev–Trinajstić information content (AvgIpc) is 2.42. The normalized spacial score (nSPS) is 12.0. The smallest absolute Gasteiger partial charge is 0.0786 e. The van der Waals surface area contributed by atoms with Crippen molar-refractivity contribution in [2.75, 3.05) is 32.7 Å². The summed E-state index contributed by atoms with van der Waals surface area (Å²) in [6.07, 6.45) is 11.0. The Morgan fingerprint density at radius 1 is 0.611 bits per heavy atom. The topological polar surface area (TPSA) is 26.0 Å². The molecule has 0 aromatic carbocycles. The van der Waals surface area contributed by atoms with E-state index in [4.69, 9.17) is 5.73 Å². The van der Waals surface area contributed by atoms with Crippen LogP contribution in [-0.4, -0.2) is 37.2 Å². The quantitative estimate of drug-likeness (QED) is 0.392. The number of unbranched alkanes of at least 4 members (excludes halogenated alkanes) is 7. The maximum Gasteiger partial charge on any atom is 0.0786 e. The lowest BCUT2D eigenvalue weighted by Gasteiger charge is -2.35. The van der Waals surface area contributed by atoms with E-state index < -0.39 is 0 Å². The van der Waals surface area contributed by atoms with Gasteiger partial charge < -0.3 is 10.2 Å². The summed E-state index contributed by atoms with van der Waals surface area (Å²) in [4.78, 5) is 0. The lowest BCUT2D eigenvalue weighted by Crippen LogP contribution is -2.48. The van der Waals surface area contributed by atoms with Crippen molar-refractivity contribution in [3.05, 3.63) is 0 Å². The molecule has 0 saturated heterocycles. The molecule has 0 bridgehead atoms. The molecule has 0 radical (unpaired) electrons. The summed E-state index contributed by atoms with van der Waals surface area (Å²) in [6, 6.07) is 0. The van der Waals surface area contributed by atoms with E-state index in [0.29, 0.717) is 0 Å². The van der Waals surface area contributed by atoms with Crippen molar-refractivity contribution >= 4 is 0 Å². The molecule has 0 fully saturated rings. The van der Waals surface area contributed by atoms with Crippen molar-refractivity contribution in [2.45, 2.75) is 72.1 Å². The predicted molar refractivity (Wildman–Crippen MR) is 82.7 cm³/mol. The van der Waals surface area contributed by atoms with Gasteiger partial charge in [0.15, 0.2) is 0 Å². The van der Waals surface area contributed by atoms with Crippen LogP contribution in [0.1, 0.15) is 72.1 Å². The SMILES string of the molecule is CC[N+](CC)(CC)CCCCCCCCCCN. The van der Waals surface area contributed by atoms with E-state index in [1.165, 1.54) is 82.0 Å². The van der Waals surface area contributed by atoms with Gasteiger partial charge >= 0.3 is 0 Å². The van der Waals surface area contributed by atoms with Crippen molar-refractivity contribution < 1.29 is 4.48 Å². The molecule has 0 unspecified atom stereocenters. The first-order chi connectivity index (χ1) is 8.74. The number of nitrogens with two attached hydrogens (primary N) is 1. The summed E-state index contributed by atoms with van der Waals surface area (Å²) in [6.45, 7) is 13.2. The Balaban J connectivity index is 3.38. The number of nitrogens with zero attached hydrogens (tertiary/aromatic N) is 1. The molecule has 0 heterocycles. The van der Waals surface area contributed by atoms with Gasteiger partial charge in [0.1, 0.15) is 0 Å². The van der Waals surface area contributed by atoms with Gasteiger partial charge in [0.25, 0.3) is 0 Å². The second kappa shape index (κ2) is 12.0. The Labute approximate surface area is 116 Å². The van der Waals surface area contributed by atoms with Gasteiger partial charge in [0, 0.05) is 0 Å². The summed E-state index contributed by atoms with van der Waals surface area (Å²) in [5, 5.41) is 0. The maximum absolute atomic E-state index is 5.49. The van der Waals surface area contributed by atoms with Crippen LogP contribution < -0.4 is 5.73 Å². The highest BCUT2D eigenvalue weighted by molar-refractivity contribution is 4.48. The molecule has 0 aromatic rings. The number of rotatable bonds is 13. The van der Waals surface area contributed by atoms with Crippen LogP contribution in [0.15, 0.2) is 0 Å². The molecule has 0 aromatic heterocycles. The molecule has 110 valence electrons. The van der Waals surface area contributed by atoms with Crippen LogP contribution in [0.4, 0.5) is 0 Å². The van der Waals surface area contributed by atoms with Crippen molar-refractivity contribution in [1.82, 2.24) is 0 Å². The number of hydrogen-bond donors (Lipinski definition) is 1. The standard InChI is InChI=1S/C16H37N2/c1-4-18(5-2,6-3)16-14-12-10-8-7-9-11-13-15-17/h4-17H2,1-3H3/q+1. The van der Waals surface area contributed by atoms with Crippen LogP contribution >= 0.6 is 0 Å². The van der Waals surface area contributed by atoms with E-state index in [0.717, 1.165) is 6.54 Å². The molecule has 0 aliphatic heterocycles. The molecule has 0 aliphatic rings. The van der Waals surface area contributed by atoms with Crippen molar-refractivity contribution in [3.8, 4) is 0 Å². The average molecular weight is 257 g/mol. The lowest BCUT2D eigenvalue weighted by molar-refractivity contribution is -0.923. The van der Waals surface area contributed by atoms with Gasteiger partial charge in [-0.3, -0.25) is 0 Å². The zero-order valence-electron chi connectivity index (χ0n) is 13.2. The summed E-state index contributed by atoms with van der Waals surface area (Å²) >= 11 is 0. The first-order valence-electron chi connectivity index (χ1n) is 8.29. The fourth-order valence-electron chi connectivity index (χ4n) is 2.80. The Morgan fingerprint density at radius 3 is 1.39 bits per heavy atom. The van der Waals surface area contributed by atoms with E-state index in [1.807, 2.05) is 0 Å². The number of quaternary nitrogens is 1. The molecule has 2 nitrogen and oxygen atoms in total. The van der Waals surface area contributed by atoms with Gasteiger partial charge in [-0.25, -0.2) is 0 Å².